The van der Waals surface area contributed by atoms with Crippen LogP contribution >= 0.6 is 0 Å². The van der Waals surface area contributed by atoms with Gasteiger partial charge in [0.1, 0.15) is 5.75 Å². The average molecular weight is 262 g/mol. The highest BCUT2D eigenvalue weighted by Gasteiger charge is 2.28. The van der Waals surface area contributed by atoms with E-state index in [1.807, 2.05) is 12.1 Å². The molecule has 1 aliphatic rings. The second kappa shape index (κ2) is 6.40. The number of benzene rings is 1. The fourth-order valence-electron chi connectivity index (χ4n) is 2.52. The van der Waals surface area contributed by atoms with Gasteiger partial charge in [-0.15, -0.1) is 0 Å². The SMILES string of the molecule is Cc1ccc(OCCCN2CCNCC2(C)C)cc1. The molecule has 0 radical (unpaired) electrons. The molecule has 0 amide bonds. The lowest BCUT2D eigenvalue weighted by molar-refractivity contribution is 0.0842. The van der Waals surface area contributed by atoms with Gasteiger partial charge in [0, 0.05) is 31.7 Å². The van der Waals surface area contributed by atoms with E-state index in [1.54, 1.807) is 0 Å². The molecule has 0 unspecified atom stereocenters. The molecule has 3 nitrogen and oxygen atoms in total. The van der Waals surface area contributed by atoms with E-state index in [0.717, 1.165) is 45.0 Å². The van der Waals surface area contributed by atoms with Gasteiger partial charge in [-0.3, -0.25) is 4.90 Å². The minimum absolute atomic E-state index is 0.266. The van der Waals surface area contributed by atoms with E-state index in [-0.39, 0.29) is 5.54 Å². The van der Waals surface area contributed by atoms with Crippen LogP contribution in [-0.2, 0) is 0 Å². The van der Waals surface area contributed by atoms with Gasteiger partial charge in [-0.2, -0.15) is 0 Å². The summed E-state index contributed by atoms with van der Waals surface area (Å²) in [5.41, 5.74) is 1.54. The first kappa shape index (κ1) is 14.4. The summed E-state index contributed by atoms with van der Waals surface area (Å²) in [7, 11) is 0. The normalized spacial score (nSPS) is 19.3. The van der Waals surface area contributed by atoms with E-state index in [1.165, 1.54) is 5.56 Å². The number of aryl methyl sites for hydroxylation is 1. The van der Waals surface area contributed by atoms with Crippen molar-refractivity contribution in [2.45, 2.75) is 32.7 Å². The summed E-state index contributed by atoms with van der Waals surface area (Å²) < 4.78 is 5.78. The van der Waals surface area contributed by atoms with Crippen LogP contribution in [0.2, 0.25) is 0 Å². The molecular formula is C16H26N2O. The Bertz CT molecular complexity index is 386. The molecule has 0 aliphatic carbocycles. The lowest BCUT2D eigenvalue weighted by Gasteiger charge is -2.42. The molecule has 1 heterocycles. The maximum atomic E-state index is 5.78. The third-order valence-corrected chi connectivity index (χ3v) is 3.83. The van der Waals surface area contributed by atoms with Crippen LogP contribution in [0.1, 0.15) is 25.8 Å². The van der Waals surface area contributed by atoms with Gasteiger partial charge in [0.05, 0.1) is 6.61 Å². The Kier molecular flexibility index (Phi) is 4.83. The zero-order valence-corrected chi connectivity index (χ0v) is 12.4. The number of nitrogens with zero attached hydrogens (tertiary/aromatic N) is 1. The van der Waals surface area contributed by atoms with Crippen molar-refractivity contribution in [3.8, 4) is 5.75 Å². The van der Waals surface area contributed by atoms with Crippen molar-refractivity contribution in [2.75, 3.05) is 32.8 Å². The van der Waals surface area contributed by atoms with Crippen molar-refractivity contribution < 1.29 is 4.74 Å². The van der Waals surface area contributed by atoms with Crippen LogP contribution in [0.3, 0.4) is 0 Å². The maximum Gasteiger partial charge on any atom is 0.119 e. The summed E-state index contributed by atoms with van der Waals surface area (Å²) in [5, 5.41) is 3.45. The van der Waals surface area contributed by atoms with Crippen LogP contribution in [0.25, 0.3) is 0 Å². The number of nitrogens with one attached hydrogen (secondary N) is 1. The molecule has 0 spiro atoms. The van der Waals surface area contributed by atoms with Gasteiger partial charge in [-0.1, -0.05) is 17.7 Å². The summed E-state index contributed by atoms with van der Waals surface area (Å²) in [6, 6.07) is 8.28. The number of piperazine rings is 1. The Morgan fingerprint density at radius 1 is 1.26 bits per heavy atom. The van der Waals surface area contributed by atoms with E-state index in [2.05, 4.69) is 43.1 Å². The predicted molar refractivity (Wildman–Crippen MR) is 79.8 cm³/mol. The molecular weight excluding hydrogens is 236 g/mol. The topological polar surface area (TPSA) is 24.5 Å². The van der Waals surface area contributed by atoms with E-state index in [4.69, 9.17) is 4.74 Å². The van der Waals surface area contributed by atoms with E-state index in [9.17, 15) is 0 Å². The van der Waals surface area contributed by atoms with Crippen LogP contribution in [-0.4, -0.2) is 43.2 Å². The first-order chi connectivity index (χ1) is 9.08. The highest BCUT2D eigenvalue weighted by atomic mass is 16.5. The molecule has 1 aromatic rings. The molecule has 1 aliphatic heterocycles. The molecule has 1 aromatic carbocycles. The zero-order chi connectivity index (χ0) is 13.7. The van der Waals surface area contributed by atoms with Gasteiger partial charge >= 0.3 is 0 Å². The van der Waals surface area contributed by atoms with Crippen LogP contribution in [0.4, 0.5) is 0 Å². The Hall–Kier alpha value is -1.06. The van der Waals surface area contributed by atoms with Crippen LogP contribution in [0, 0.1) is 6.92 Å². The third kappa shape index (κ3) is 4.22. The van der Waals surface area contributed by atoms with E-state index >= 15 is 0 Å². The van der Waals surface area contributed by atoms with Crippen molar-refractivity contribution in [3.05, 3.63) is 29.8 Å². The largest absolute Gasteiger partial charge is 0.494 e. The molecule has 2 rings (SSSR count). The van der Waals surface area contributed by atoms with Gasteiger partial charge in [-0.05, 0) is 39.3 Å². The summed E-state index contributed by atoms with van der Waals surface area (Å²) in [5.74, 6) is 0.977. The minimum atomic E-state index is 0.266. The Morgan fingerprint density at radius 2 is 2.00 bits per heavy atom. The van der Waals surface area contributed by atoms with Gasteiger partial charge in [0.2, 0.25) is 0 Å². The van der Waals surface area contributed by atoms with Gasteiger partial charge in [-0.25, -0.2) is 0 Å². The number of hydrogen-bond acceptors (Lipinski definition) is 3. The maximum absolute atomic E-state index is 5.78. The second-order valence-corrected chi connectivity index (χ2v) is 5.99. The molecule has 0 saturated carbocycles. The van der Waals surface area contributed by atoms with Crippen LogP contribution in [0.5, 0.6) is 5.75 Å². The highest BCUT2D eigenvalue weighted by molar-refractivity contribution is 5.26. The van der Waals surface area contributed by atoms with E-state index in [0.29, 0.717) is 0 Å². The molecule has 1 N–H and O–H groups in total. The smallest absolute Gasteiger partial charge is 0.119 e. The molecule has 0 atom stereocenters. The van der Waals surface area contributed by atoms with Crippen molar-refractivity contribution >= 4 is 0 Å². The summed E-state index contributed by atoms with van der Waals surface area (Å²) in [6.45, 7) is 11.9. The predicted octanol–water partition coefficient (Wildman–Crippen LogP) is 2.45. The van der Waals surface area contributed by atoms with E-state index < -0.39 is 0 Å². The van der Waals surface area contributed by atoms with Crippen molar-refractivity contribution in [1.82, 2.24) is 10.2 Å². The summed E-state index contributed by atoms with van der Waals surface area (Å²) in [6.07, 6.45) is 1.08. The lowest BCUT2D eigenvalue weighted by Crippen LogP contribution is -2.58. The van der Waals surface area contributed by atoms with Gasteiger partial charge in [0.15, 0.2) is 0 Å². The fourth-order valence-corrected chi connectivity index (χ4v) is 2.52. The fraction of sp³-hybridized carbons (Fsp3) is 0.625. The molecule has 1 fully saturated rings. The monoisotopic (exact) mass is 262 g/mol. The summed E-state index contributed by atoms with van der Waals surface area (Å²) >= 11 is 0. The van der Waals surface area contributed by atoms with Gasteiger partial charge < -0.3 is 10.1 Å². The number of hydrogen-bond donors (Lipinski definition) is 1. The molecule has 3 heteroatoms. The highest BCUT2D eigenvalue weighted by Crippen LogP contribution is 2.17. The molecule has 0 bridgehead atoms. The minimum Gasteiger partial charge on any atom is -0.494 e. The van der Waals surface area contributed by atoms with Crippen molar-refractivity contribution in [2.24, 2.45) is 0 Å². The Morgan fingerprint density at radius 3 is 2.68 bits per heavy atom. The number of rotatable bonds is 5. The zero-order valence-electron chi connectivity index (χ0n) is 12.4. The molecule has 1 saturated heterocycles. The first-order valence-electron chi connectivity index (χ1n) is 7.23. The molecule has 19 heavy (non-hydrogen) atoms. The Balaban J connectivity index is 1.70. The second-order valence-electron chi connectivity index (χ2n) is 5.99. The van der Waals surface area contributed by atoms with Crippen LogP contribution in [0.15, 0.2) is 24.3 Å². The molecule has 0 aromatic heterocycles. The van der Waals surface area contributed by atoms with Crippen molar-refractivity contribution in [1.29, 1.82) is 0 Å². The third-order valence-electron chi connectivity index (χ3n) is 3.83. The van der Waals surface area contributed by atoms with Crippen molar-refractivity contribution in [3.63, 3.8) is 0 Å². The number of ether oxygens (including phenoxy) is 1. The Labute approximate surface area is 116 Å². The van der Waals surface area contributed by atoms with Gasteiger partial charge in [0.25, 0.3) is 0 Å². The summed E-state index contributed by atoms with van der Waals surface area (Å²) in [4.78, 5) is 2.56. The quantitative estimate of drug-likeness (QED) is 0.825. The standard InChI is InChI=1S/C16H26N2O/c1-14-5-7-15(8-6-14)19-12-4-10-18-11-9-17-13-16(18,2)3/h5-8,17H,4,9-13H2,1-3H3. The first-order valence-corrected chi connectivity index (χ1v) is 7.23. The lowest BCUT2D eigenvalue weighted by atomic mass is 10.00. The average Bonchev–Trinajstić information content (AvgIpc) is 2.38. The molecule has 106 valence electrons. The van der Waals surface area contributed by atoms with Crippen LogP contribution < -0.4 is 10.1 Å².